The average Bonchev–Trinajstić information content (AvgIpc) is 3.14. The van der Waals surface area contributed by atoms with E-state index in [0.29, 0.717) is 32.5 Å². The van der Waals surface area contributed by atoms with E-state index < -0.39 is 0 Å². The molecule has 0 saturated carbocycles. The molecule has 2 aliphatic rings. The Hall–Kier alpha value is -3.22. The molecule has 3 aromatic carbocycles. The van der Waals surface area contributed by atoms with Gasteiger partial charge in [0.15, 0.2) is 0 Å². The summed E-state index contributed by atoms with van der Waals surface area (Å²) < 4.78 is 0. The van der Waals surface area contributed by atoms with E-state index in [1.165, 1.54) is 9.80 Å². The quantitative estimate of drug-likeness (QED) is 0.600. The Bertz CT molecular complexity index is 1040. The Labute approximate surface area is 172 Å². The zero-order valence-electron chi connectivity index (χ0n) is 14.5. The Kier molecular flexibility index (Phi) is 3.72. The van der Waals surface area contributed by atoms with Crippen molar-refractivity contribution in [2.45, 2.75) is 0 Å². The van der Waals surface area contributed by atoms with Crippen molar-refractivity contribution in [2.24, 2.45) is 0 Å². The van der Waals surface area contributed by atoms with Crippen molar-refractivity contribution in [2.75, 3.05) is 9.80 Å². The minimum atomic E-state index is -0.145. The number of amides is 2. The summed E-state index contributed by atoms with van der Waals surface area (Å²) in [4.78, 5) is 29.5. The fourth-order valence-electron chi connectivity index (χ4n) is 3.60. The highest BCUT2D eigenvalue weighted by Gasteiger charge is 2.35. The van der Waals surface area contributed by atoms with Crippen molar-refractivity contribution in [3.63, 3.8) is 0 Å². The lowest BCUT2D eigenvalue weighted by molar-refractivity contribution is 0.0999. The molecule has 0 saturated heterocycles. The first-order valence-corrected chi connectivity index (χ1v) is 9.45. The molecule has 28 heavy (non-hydrogen) atoms. The molecule has 2 amide bonds. The number of rotatable bonds is 2. The molecule has 0 atom stereocenters. The normalized spacial score (nSPS) is 15.3. The monoisotopic (exact) mass is 400 g/mol. The number of hydrogen-bond donors (Lipinski definition) is 0. The van der Waals surface area contributed by atoms with E-state index in [2.05, 4.69) is 0 Å². The van der Waals surface area contributed by atoms with Crippen LogP contribution in [0.3, 0.4) is 0 Å². The van der Waals surface area contributed by atoms with Crippen molar-refractivity contribution in [1.29, 1.82) is 0 Å². The van der Waals surface area contributed by atoms with Gasteiger partial charge in [0.25, 0.3) is 11.8 Å². The summed E-state index contributed by atoms with van der Waals surface area (Å²) in [6.07, 6.45) is 0. The molecule has 0 bridgehead atoms. The summed E-state index contributed by atoms with van der Waals surface area (Å²) in [5, 5.41) is 0. The highest BCUT2D eigenvalue weighted by atomic mass is 32.1. The maximum atomic E-state index is 12.8. The SMILES string of the molecule is O=C1c2ccccc2C(=S)N1c1ccc(N2C(=O)c3ccccc3C2=S)cc1. The van der Waals surface area contributed by atoms with Gasteiger partial charge in [0.05, 0.1) is 22.5 Å². The fourth-order valence-corrected chi connectivity index (χ4v) is 4.33. The Balaban J connectivity index is 1.48. The maximum Gasteiger partial charge on any atom is 0.264 e. The van der Waals surface area contributed by atoms with Crippen LogP contribution in [-0.2, 0) is 0 Å². The first-order valence-electron chi connectivity index (χ1n) is 8.63. The lowest BCUT2D eigenvalue weighted by Crippen LogP contribution is -2.30. The molecule has 0 aliphatic carbocycles. The second-order valence-corrected chi connectivity index (χ2v) is 7.27. The molecule has 2 aliphatic heterocycles. The van der Waals surface area contributed by atoms with Gasteiger partial charge in [0.1, 0.15) is 9.98 Å². The largest absolute Gasteiger partial charge is 0.268 e. The molecule has 0 unspecified atom stereocenters. The second-order valence-electron chi connectivity index (χ2n) is 6.50. The van der Waals surface area contributed by atoms with Gasteiger partial charge in [-0.2, -0.15) is 0 Å². The molecular weight excluding hydrogens is 388 g/mol. The number of anilines is 2. The minimum absolute atomic E-state index is 0.145. The van der Waals surface area contributed by atoms with E-state index in [-0.39, 0.29) is 11.8 Å². The van der Waals surface area contributed by atoms with Gasteiger partial charge >= 0.3 is 0 Å². The first-order chi connectivity index (χ1) is 13.6. The lowest BCUT2D eigenvalue weighted by Gasteiger charge is -2.19. The molecule has 0 N–H and O–H groups in total. The van der Waals surface area contributed by atoms with E-state index in [1.54, 1.807) is 36.4 Å². The summed E-state index contributed by atoms with van der Waals surface area (Å²) in [6, 6.07) is 21.8. The number of thiocarbonyl (C=S) groups is 2. The fraction of sp³-hybridized carbons (Fsp3) is 0. The van der Waals surface area contributed by atoms with Crippen molar-refractivity contribution in [1.82, 2.24) is 0 Å². The van der Waals surface area contributed by atoms with Crippen LogP contribution in [0.25, 0.3) is 0 Å². The number of hydrogen-bond acceptors (Lipinski definition) is 4. The van der Waals surface area contributed by atoms with Gasteiger partial charge < -0.3 is 0 Å². The molecule has 0 aromatic heterocycles. The van der Waals surface area contributed by atoms with Gasteiger partial charge in [0.2, 0.25) is 0 Å². The van der Waals surface area contributed by atoms with E-state index in [0.717, 1.165) is 11.1 Å². The molecule has 6 heteroatoms. The first kappa shape index (κ1) is 16.9. The molecule has 3 aromatic rings. The third-order valence-electron chi connectivity index (χ3n) is 4.95. The van der Waals surface area contributed by atoms with Crippen LogP contribution in [0.4, 0.5) is 11.4 Å². The Morgan fingerprint density at radius 2 is 0.821 bits per heavy atom. The summed E-state index contributed by atoms with van der Waals surface area (Å²) in [5.41, 5.74) is 4.04. The average molecular weight is 400 g/mol. The highest BCUT2D eigenvalue weighted by molar-refractivity contribution is 7.81. The van der Waals surface area contributed by atoms with Gasteiger partial charge in [-0.15, -0.1) is 0 Å². The molecule has 0 spiro atoms. The van der Waals surface area contributed by atoms with Gasteiger partial charge in [-0.1, -0.05) is 60.8 Å². The summed E-state index contributed by atoms with van der Waals surface area (Å²) in [7, 11) is 0. The zero-order chi connectivity index (χ0) is 19.4. The van der Waals surface area contributed by atoms with Crippen molar-refractivity contribution in [3.05, 3.63) is 95.1 Å². The topological polar surface area (TPSA) is 40.6 Å². The molecule has 0 radical (unpaired) electrons. The van der Waals surface area contributed by atoms with Crippen LogP contribution in [0.1, 0.15) is 31.8 Å². The second kappa shape index (κ2) is 6.15. The van der Waals surface area contributed by atoms with E-state index in [4.69, 9.17) is 24.4 Å². The van der Waals surface area contributed by atoms with Gasteiger partial charge in [-0.3, -0.25) is 19.4 Å². The third-order valence-corrected chi connectivity index (χ3v) is 5.76. The molecule has 5 rings (SSSR count). The predicted molar refractivity (Wildman–Crippen MR) is 116 cm³/mol. The number of carbonyl (C=O) groups is 2. The zero-order valence-corrected chi connectivity index (χ0v) is 16.1. The van der Waals surface area contributed by atoms with Gasteiger partial charge in [-0.05, 0) is 36.4 Å². The highest BCUT2D eigenvalue weighted by Crippen LogP contribution is 2.33. The summed E-state index contributed by atoms with van der Waals surface area (Å²) in [5.74, 6) is -0.290. The Morgan fingerprint density at radius 3 is 1.14 bits per heavy atom. The molecule has 0 fully saturated rings. The van der Waals surface area contributed by atoms with E-state index >= 15 is 0 Å². The minimum Gasteiger partial charge on any atom is -0.268 e. The van der Waals surface area contributed by atoms with Crippen LogP contribution in [0.2, 0.25) is 0 Å². The van der Waals surface area contributed by atoms with Gasteiger partial charge in [0, 0.05) is 11.1 Å². The third kappa shape index (κ3) is 2.28. The standard InChI is InChI=1S/C22H12N2O2S2/c25-19-15-5-1-3-7-17(15)21(27)23(19)13-9-11-14(12-10-13)24-20(26)16-6-2-4-8-18(16)22(24)28/h1-12H. The smallest absolute Gasteiger partial charge is 0.264 e. The van der Waals surface area contributed by atoms with Crippen LogP contribution < -0.4 is 9.80 Å². The maximum absolute atomic E-state index is 12.8. The Morgan fingerprint density at radius 1 is 0.500 bits per heavy atom. The van der Waals surface area contributed by atoms with Crippen molar-refractivity contribution < 1.29 is 9.59 Å². The van der Waals surface area contributed by atoms with Crippen LogP contribution in [0, 0.1) is 0 Å². The molecule has 4 nitrogen and oxygen atoms in total. The lowest BCUT2D eigenvalue weighted by atomic mass is 10.1. The molecular formula is C22H12N2O2S2. The summed E-state index contributed by atoms with van der Waals surface area (Å²) >= 11 is 11.0. The van der Waals surface area contributed by atoms with Crippen LogP contribution in [0.5, 0.6) is 0 Å². The van der Waals surface area contributed by atoms with Crippen LogP contribution >= 0.6 is 24.4 Å². The number of nitrogens with zero attached hydrogens (tertiary/aromatic N) is 2. The number of carbonyl (C=O) groups excluding carboxylic acids is 2. The number of benzene rings is 3. The molecule has 134 valence electrons. The number of fused-ring (bicyclic) bond motifs is 2. The predicted octanol–water partition coefficient (Wildman–Crippen LogP) is 4.36. The van der Waals surface area contributed by atoms with Crippen LogP contribution in [0.15, 0.2) is 72.8 Å². The van der Waals surface area contributed by atoms with Crippen molar-refractivity contribution in [3.8, 4) is 0 Å². The van der Waals surface area contributed by atoms with Gasteiger partial charge in [-0.25, -0.2) is 0 Å². The van der Waals surface area contributed by atoms with E-state index in [1.807, 2.05) is 36.4 Å². The molecule has 2 heterocycles. The summed E-state index contributed by atoms with van der Waals surface area (Å²) in [6.45, 7) is 0. The van der Waals surface area contributed by atoms with Crippen LogP contribution in [-0.4, -0.2) is 21.8 Å². The van der Waals surface area contributed by atoms with E-state index in [9.17, 15) is 9.59 Å². The van der Waals surface area contributed by atoms with Crippen molar-refractivity contribution >= 4 is 57.6 Å².